The largest absolute Gasteiger partial charge is 0.494 e. The summed E-state index contributed by atoms with van der Waals surface area (Å²) in [4.78, 5) is 33.7. The maximum absolute atomic E-state index is 12.6. The normalized spacial score (nSPS) is 14.9. The average molecular weight is 424 g/mol. The minimum absolute atomic E-state index is 0.00543. The smallest absolute Gasteiger partial charge is 0.223 e. The lowest BCUT2D eigenvalue weighted by atomic mass is 10.0. The number of likely N-dealkylation sites (tertiary alicyclic amines) is 1. The number of carbonyl (C=O) groups excluding carboxylic acids is 2. The molecule has 1 aromatic carbocycles. The molecule has 2 heterocycles. The van der Waals surface area contributed by atoms with Gasteiger partial charge in [-0.15, -0.1) is 0 Å². The van der Waals surface area contributed by atoms with Gasteiger partial charge in [0, 0.05) is 69.4 Å². The monoisotopic (exact) mass is 423 g/mol. The van der Waals surface area contributed by atoms with Crippen molar-refractivity contribution in [2.24, 2.45) is 0 Å². The number of nitrogens with zero attached hydrogens (tertiary/aromatic N) is 3. The van der Waals surface area contributed by atoms with Gasteiger partial charge in [0.05, 0.1) is 6.61 Å². The molecular weight excluding hydrogens is 390 g/mol. The van der Waals surface area contributed by atoms with E-state index < -0.39 is 0 Å². The predicted molar refractivity (Wildman–Crippen MR) is 121 cm³/mol. The number of benzene rings is 1. The van der Waals surface area contributed by atoms with Crippen molar-refractivity contribution in [2.45, 2.75) is 45.1 Å². The Morgan fingerprint density at radius 2 is 1.84 bits per heavy atom. The summed E-state index contributed by atoms with van der Waals surface area (Å²) in [5.41, 5.74) is 1.74. The maximum atomic E-state index is 12.6. The Morgan fingerprint density at radius 1 is 1.10 bits per heavy atom. The molecule has 2 aromatic rings. The molecule has 0 spiro atoms. The van der Waals surface area contributed by atoms with Gasteiger partial charge in [-0.3, -0.25) is 14.6 Å². The average Bonchev–Trinajstić information content (AvgIpc) is 2.82. The van der Waals surface area contributed by atoms with Crippen molar-refractivity contribution in [1.29, 1.82) is 0 Å². The highest BCUT2D eigenvalue weighted by Crippen LogP contribution is 2.18. The number of pyridine rings is 1. The standard InChI is InChI=1S/C25H33N3O3/c1-3-31-23-9-7-20(8-10-23)24(29)11-12-25(30)27(2)22-14-18-28(19-15-22)17-13-21-6-4-5-16-26-21/h4-10,16,22H,3,11-15,17-19H2,1-2H3. The van der Waals surface area contributed by atoms with Crippen LogP contribution in [0.25, 0.3) is 0 Å². The van der Waals surface area contributed by atoms with Crippen molar-refractivity contribution in [3.05, 3.63) is 59.9 Å². The Kier molecular flexibility index (Phi) is 8.59. The van der Waals surface area contributed by atoms with Crippen LogP contribution in [0.4, 0.5) is 0 Å². The highest BCUT2D eigenvalue weighted by Gasteiger charge is 2.25. The van der Waals surface area contributed by atoms with Crippen LogP contribution >= 0.6 is 0 Å². The Bertz CT molecular complexity index is 831. The Balaban J connectivity index is 1.38. The number of Topliss-reactive ketones (excluding diaryl/α,β-unsaturated/α-hetero) is 1. The molecule has 1 aliphatic rings. The number of ether oxygens (including phenoxy) is 1. The van der Waals surface area contributed by atoms with Crippen LogP contribution in [0.2, 0.25) is 0 Å². The molecule has 3 rings (SSSR count). The van der Waals surface area contributed by atoms with E-state index in [1.165, 1.54) is 0 Å². The molecule has 31 heavy (non-hydrogen) atoms. The van der Waals surface area contributed by atoms with Gasteiger partial charge in [0.15, 0.2) is 5.78 Å². The quantitative estimate of drug-likeness (QED) is 0.547. The van der Waals surface area contributed by atoms with Crippen LogP contribution in [0, 0.1) is 0 Å². The van der Waals surface area contributed by atoms with Gasteiger partial charge >= 0.3 is 0 Å². The molecule has 166 valence electrons. The van der Waals surface area contributed by atoms with Crippen molar-refractivity contribution >= 4 is 11.7 Å². The van der Waals surface area contributed by atoms with E-state index in [1.807, 2.05) is 37.2 Å². The van der Waals surface area contributed by atoms with E-state index in [0.717, 1.165) is 50.3 Å². The van der Waals surface area contributed by atoms with Gasteiger partial charge in [-0.05, 0) is 56.2 Å². The second kappa shape index (κ2) is 11.6. The summed E-state index contributed by atoms with van der Waals surface area (Å²) in [7, 11) is 1.87. The number of carbonyl (C=O) groups is 2. The van der Waals surface area contributed by atoms with Crippen molar-refractivity contribution in [2.75, 3.05) is 33.3 Å². The fourth-order valence-corrected chi connectivity index (χ4v) is 4.00. The molecule has 0 unspecified atom stereocenters. The second-order valence-electron chi connectivity index (χ2n) is 8.03. The third-order valence-corrected chi connectivity index (χ3v) is 5.96. The van der Waals surface area contributed by atoms with Crippen LogP contribution in [0.3, 0.4) is 0 Å². The lowest BCUT2D eigenvalue weighted by Gasteiger charge is -2.36. The molecule has 0 saturated carbocycles. The van der Waals surface area contributed by atoms with E-state index in [-0.39, 0.29) is 30.6 Å². The summed E-state index contributed by atoms with van der Waals surface area (Å²) in [6.07, 6.45) is 5.22. The first-order valence-electron chi connectivity index (χ1n) is 11.2. The molecule has 0 radical (unpaired) electrons. The maximum Gasteiger partial charge on any atom is 0.223 e. The summed E-state index contributed by atoms with van der Waals surface area (Å²) >= 11 is 0. The summed E-state index contributed by atoms with van der Waals surface area (Å²) < 4.78 is 5.40. The lowest BCUT2D eigenvalue weighted by molar-refractivity contribution is -0.132. The fourth-order valence-electron chi connectivity index (χ4n) is 4.00. The zero-order valence-corrected chi connectivity index (χ0v) is 18.6. The number of piperidine rings is 1. The lowest BCUT2D eigenvalue weighted by Crippen LogP contribution is -2.46. The zero-order valence-electron chi connectivity index (χ0n) is 18.6. The zero-order chi connectivity index (χ0) is 22.1. The van der Waals surface area contributed by atoms with E-state index >= 15 is 0 Å². The number of ketones is 1. The molecule has 6 heteroatoms. The van der Waals surface area contributed by atoms with Gasteiger partial charge in [0.1, 0.15) is 5.75 Å². The summed E-state index contributed by atoms with van der Waals surface area (Å²) in [6.45, 7) is 5.49. The van der Waals surface area contributed by atoms with E-state index in [1.54, 1.807) is 24.3 Å². The molecule has 0 bridgehead atoms. The molecule has 1 aliphatic heterocycles. The van der Waals surface area contributed by atoms with Crippen molar-refractivity contribution in [3.8, 4) is 5.75 Å². The minimum atomic E-state index is -0.00543. The Labute approximate surface area is 185 Å². The Hall–Kier alpha value is -2.73. The molecule has 0 aliphatic carbocycles. The SMILES string of the molecule is CCOc1ccc(C(=O)CCC(=O)N(C)C2CCN(CCc3ccccn3)CC2)cc1. The molecular formula is C25H33N3O3. The number of hydrogen-bond donors (Lipinski definition) is 0. The first-order valence-corrected chi connectivity index (χ1v) is 11.2. The topological polar surface area (TPSA) is 62.7 Å². The predicted octanol–water partition coefficient (Wildman–Crippen LogP) is 3.61. The van der Waals surface area contributed by atoms with Crippen LogP contribution in [-0.4, -0.2) is 65.8 Å². The Morgan fingerprint density at radius 3 is 2.48 bits per heavy atom. The molecule has 6 nitrogen and oxygen atoms in total. The third kappa shape index (κ3) is 6.89. The van der Waals surface area contributed by atoms with Gasteiger partial charge in [-0.2, -0.15) is 0 Å². The van der Waals surface area contributed by atoms with Crippen LogP contribution in [0.5, 0.6) is 5.75 Å². The van der Waals surface area contributed by atoms with E-state index in [4.69, 9.17) is 4.74 Å². The van der Waals surface area contributed by atoms with E-state index in [2.05, 4.69) is 16.0 Å². The highest BCUT2D eigenvalue weighted by atomic mass is 16.5. The van der Waals surface area contributed by atoms with E-state index in [9.17, 15) is 9.59 Å². The van der Waals surface area contributed by atoms with Crippen LogP contribution in [-0.2, 0) is 11.2 Å². The number of aromatic nitrogens is 1. The minimum Gasteiger partial charge on any atom is -0.494 e. The summed E-state index contributed by atoms with van der Waals surface area (Å²) in [5, 5.41) is 0. The van der Waals surface area contributed by atoms with Gasteiger partial charge in [0.2, 0.25) is 5.91 Å². The van der Waals surface area contributed by atoms with Gasteiger partial charge in [0.25, 0.3) is 0 Å². The summed E-state index contributed by atoms with van der Waals surface area (Å²) in [6, 6.07) is 13.4. The molecule has 1 saturated heterocycles. The first kappa shape index (κ1) is 22.9. The molecule has 1 aromatic heterocycles. The van der Waals surface area contributed by atoms with Crippen molar-refractivity contribution < 1.29 is 14.3 Å². The molecule has 1 fully saturated rings. The highest BCUT2D eigenvalue weighted by molar-refractivity contribution is 5.98. The first-order chi connectivity index (χ1) is 15.1. The molecule has 0 atom stereocenters. The third-order valence-electron chi connectivity index (χ3n) is 5.96. The van der Waals surface area contributed by atoms with Crippen LogP contribution in [0.1, 0.15) is 48.7 Å². The van der Waals surface area contributed by atoms with Crippen LogP contribution < -0.4 is 4.74 Å². The van der Waals surface area contributed by atoms with Crippen LogP contribution in [0.15, 0.2) is 48.7 Å². The number of hydrogen-bond acceptors (Lipinski definition) is 5. The molecule has 1 amide bonds. The van der Waals surface area contributed by atoms with E-state index in [0.29, 0.717) is 12.2 Å². The fraction of sp³-hybridized carbons (Fsp3) is 0.480. The van der Waals surface area contributed by atoms with Gasteiger partial charge in [-0.25, -0.2) is 0 Å². The van der Waals surface area contributed by atoms with Crippen molar-refractivity contribution in [3.63, 3.8) is 0 Å². The number of rotatable bonds is 10. The second-order valence-corrected chi connectivity index (χ2v) is 8.03. The summed E-state index contributed by atoms with van der Waals surface area (Å²) in [5.74, 6) is 0.793. The van der Waals surface area contributed by atoms with Gasteiger partial charge in [-0.1, -0.05) is 6.07 Å². The molecule has 0 N–H and O–H groups in total. The van der Waals surface area contributed by atoms with Crippen molar-refractivity contribution in [1.82, 2.24) is 14.8 Å². The number of amides is 1. The van der Waals surface area contributed by atoms with Gasteiger partial charge < -0.3 is 14.5 Å².